The molecule has 7 heteroatoms. The number of anilines is 1. The van der Waals surface area contributed by atoms with Crippen LogP contribution in [0.4, 0.5) is 10.1 Å². The fraction of sp³-hybridized carbons (Fsp3) is 0.300. The fourth-order valence-corrected chi connectivity index (χ4v) is 3.99. The van der Waals surface area contributed by atoms with Crippen molar-refractivity contribution in [2.45, 2.75) is 0 Å². The summed E-state index contributed by atoms with van der Waals surface area (Å²) in [5.74, 6) is 0.481. The van der Waals surface area contributed by atoms with Crippen molar-refractivity contribution >= 4 is 33.5 Å². The lowest BCUT2D eigenvalue weighted by Crippen LogP contribution is -2.53. The first-order chi connectivity index (χ1) is 13.1. The van der Waals surface area contributed by atoms with Gasteiger partial charge in [-0.3, -0.25) is 14.7 Å². The molecule has 2 heterocycles. The monoisotopic (exact) mass is 430 g/mol. The summed E-state index contributed by atoms with van der Waals surface area (Å²) in [6.45, 7) is 3.98. The Morgan fingerprint density at radius 2 is 1.59 bits per heavy atom. The highest BCUT2D eigenvalue weighted by Gasteiger charge is 2.31. The molecular formula is C20H20BrFN4O. The third-order valence-corrected chi connectivity index (χ3v) is 5.61. The smallest absolute Gasteiger partial charge is 0.261 e. The van der Waals surface area contributed by atoms with Gasteiger partial charge in [-0.2, -0.15) is 0 Å². The van der Waals surface area contributed by atoms with Gasteiger partial charge >= 0.3 is 0 Å². The van der Waals surface area contributed by atoms with Crippen LogP contribution in [0, 0.1) is 5.82 Å². The lowest BCUT2D eigenvalue weighted by Gasteiger charge is -2.38. The van der Waals surface area contributed by atoms with Gasteiger partial charge in [0.2, 0.25) is 5.96 Å². The summed E-state index contributed by atoms with van der Waals surface area (Å²) in [5, 5.41) is 0. The van der Waals surface area contributed by atoms with Crippen molar-refractivity contribution in [2.75, 3.05) is 44.2 Å². The number of hydrogen-bond acceptors (Lipinski definition) is 4. The Morgan fingerprint density at radius 1 is 0.926 bits per heavy atom. The second-order valence-corrected chi connectivity index (χ2v) is 7.40. The largest absolute Gasteiger partial charge is 0.366 e. The first-order valence-electron chi connectivity index (χ1n) is 9.00. The van der Waals surface area contributed by atoms with E-state index in [0.29, 0.717) is 50.5 Å². The quantitative estimate of drug-likeness (QED) is 0.733. The highest BCUT2D eigenvalue weighted by molar-refractivity contribution is 9.10. The summed E-state index contributed by atoms with van der Waals surface area (Å²) >= 11 is 3.46. The maximum Gasteiger partial charge on any atom is 0.261 e. The number of aliphatic imine (C=N–C) groups is 1. The van der Waals surface area contributed by atoms with Crippen molar-refractivity contribution in [1.29, 1.82) is 0 Å². The van der Waals surface area contributed by atoms with E-state index in [0.717, 1.165) is 10.4 Å². The molecule has 4 rings (SSSR count). The number of hydrogen-bond donors (Lipinski definition) is 0. The molecule has 0 spiro atoms. The van der Waals surface area contributed by atoms with Crippen molar-refractivity contribution in [1.82, 2.24) is 9.80 Å². The van der Waals surface area contributed by atoms with Crippen LogP contribution in [0.5, 0.6) is 0 Å². The minimum atomic E-state index is -0.199. The van der Waals surface area contributed by atoms with Crippen LogP contribution in [0.25, 0.3) is 0 Å². The van der Waals surface area contributed by atoms with Crippen LogP contribution in [-0.4, -0.2) is 60.9 Å². The summed E-state index contributed by atoms with van der Waals surface area (Å²) in [4.78, 5) is 23.5. The van der Waals surface area contributed by atoms with Gasteiger partial charge in [0.1, 0.15) is 5.82 Å². The van der Waals surface area contributed by atoms with Crippen molar-refractivity contribution in [2.24, 2.45) is 4.99 Å². The van der Waals surface area contributed by atoms with E-state index < -0.39 is 0 Å². The summed E-state index contributed by atoms with van der Waals surface area (Å²) < 4.78 is 14.8. The van der Waals surface area contributed by atoms with Gasteiger partial charge in [-0.1, -0.05) is 24.3 Å². The van der Waals surface area contributed by atoms with Gasteiger partial charge in [0.25, 0.3) is 5.91 Å². The van der Waals surface area contributed by atoms with Crippen LogP contribution < -0.4 is 4.90 Å². The van der Waals surface area contributed by atoms with Crippen LogP contribution in [-0.2, 0) is 0 Å². The molecule has 2 aromatic rings. The lowest BCUT2D eigenvalue weighted by atomic mass is 10.2. The van der Waals surface area contributed by atoms with Crippen molar-refractivity contribution < 1.29 is 9.18 Å². The zero-order valence-corrected chi connectivity index (χ0v) is 16.4. The fourth-order valence-electron chi connectivity index (χ4n) is 3.53. The molecule has 1 saturated heterocycles. The second-order valence-electron chi connectivity index (χ2n) is 6.54. The van der Waals surface area contributed by atoms with E-state index in [1.807, 2.05) is 35.2 Å². The number of amides is 1. The molecule has 2 aliphatic heterocycles. The van der Waals surface area contributed by atoms with Crippen LogP contribution in [0.15, 0.2) is 58.0 Å². The van der Waals surface area contributed by atoms with Gasteiger partial charge in [-0.15, -0.1) is 0 Å². The predicted octanol–water partition coefficient (Wildman–Crippen LogP) is 3.22. The molecule has 2 aliphatic rings. The molecule has 0 bridgehead atoms. The lowest BCUT2D eigenvalue weighted by molar-refractivity contribution is 0.0842. The normalized spacial score (nSPS) is 17.3. The van der Waals surface area contributed by atoms with E-state index in [1.165, 1.54) is 6.07 Å². The Morgan fingerprint density at radius 3 is 2.33 bits per heavy atom. The summed E-state index contributed by atoms with van der Waals surface area (Å²) in [7, 11) is 0. The third kappa shape index (κ3) is 3.56. The molecule has 0 unspecified atom stereocenters. The van der Waals surface area contributed by atoms with E-state index in [1.54, 1.807) is 17.0 Å². The number of para-hydroxylation sites is 1. The number of carbonyl (C=O) groups is 1. The average Bonchev–Trinajstić information content (AvgIpc) is 3.18. The van der Waals surface area contributed by atoms with E-state index >= 15 is 0 Å². The standard InChI is InChI=1S/C20H20BrFN4O/c21-16-6-2-1-5-15(16)19(27)26-10-9-23-20(26)25-13-11-24(12-14-25)18-8-4-3-7-17(18)22/h1-8H,9-14H2. The predicted molar refractivity (Wildman–Crippen MR) is 108 cm³/mol. The molecule has 0 saturated carbocycles. The molecular weight excluding hydrogens is 411 g/mol. The molecule has 0 N–H and O–H groups in total. The first kappa shape index (κ1) is 18.0. The van der Waals surface area contributed by atoms with Gasteiger partial charge in [-0.05, 0) is 40.2 Å². The van der Waals surface area contributed by atoms with E-state index in [-0.39, 0.29) is 11.7 Å². The molecule has 5 nitrogen and oxygen atoms in total. The molecule has 0 aliphatic carbocycles. The molecule has 27 heavy (non-hydrogen) atoms. The maximum absolute atomic E-state index is 14.0. The zero-order chi connectivity index (χ0) is 18.8. The minimum absolute atomic E-state index is 0.0461. The maximum atomic E-state index is 14.0. The summed E-state index contributed by atoms with van der Waals surface area (Å²) in [6.07, 6.45) is 0. The number of piperazine rings is 1. The van der Waals surface area contributed by atoms with Crippen LogP contribution in [0.2, 0.25) is 0 Å². The second kappa shape index (κ2) is 7.68. The topological polar surface area (TPSA) is 39.2 Å². The Labute approximate surface area is 166 Å². The van der Waals surface area contributed by atoms with Gasteiger partial charge in [0, 0.05) is 37.2 Å². The SMILES string of the molecule is O=C(c1ccccc1Br)N1CCN=C1N1CCN(c2ccccc2F)CC1. The number of guanidine groups is 1. The molecule has 140 valence electrons. The highest BCUT2D eigenvalue weighted by Crippen LogP contribution is 2.23. The Hall–Kier alpha value is -2.41. The van der Waals surface area contributed by atoms with Crippen LogP contribution in [0.1, 0.15) is 10.4 Å². The van der Waals surface area contributed by atoms with Gasteiger partial charge < -0.3 is 9.80 Å². The number of halogens is 2. The number of carbonyl (C=O) groups excluding carboxylic acids is 1. The van der Waals surface area contributed by atoms with Crippen LogP contribution in [0.3, 0.4) is 0 Å². The Bertz CT molecular complexity index is 880. The van der Waals surface area contributed by atoms with E-state index in [4.69, 9.17) is 0 Å². The molecule has 2 aromatic carbocycles. The van der Waals surface area contributed by atoms with Crippen LogP contribution >= 0.6 is 15.9 Å². The van der Waals surface area contributed by atoms with Crippen molar-refractivity contribution in [3.63, 3.8) is 0 Å². The molecule has 0 aromatic heterocycles. The zero-order valence-electron chi connectivity index (χ0n) is 14.8. The Balaban J connectivity index is 1.46. The van der Waals surface area contributed by atoms with E-state index in [2.05, 4.69) is 25.8 Å². The highest BCUT2D eigenvalue weighted by atomic mass is 79.9. The van der Waals surface area contributed by atoms with Gasteiger partial charge in [0.15, 0.2) is 0 Å². The van der Waals surface area contributed by atoms with Gasteiger partial charge in [-0.25, -0.2) is 4.39 Å². The number of nitrogens with zero attached hydrogens (tertiary/aromatic N) is 4. The van der Waals surface area contributed by atoms with Crippen molar-refractivity contribution in [3.05, 3.63) is 64.4 Å². The third-order valence-electron chi connectivity index (χ3n) is 4.92. The summed E-state index contributed by atoms with van der Waals surface area (Å²) in [6, 6.07) is 14.3. The van der Waals surface area contributed by atoms with E-state index in [9.17, 15) is 9.18 Å². The average molecular weight is 431 g/mol. The van der Waals surface area contributed by atoms with Crippen molar-refractivity contribution in [3.8, 4) is 0 Å². The minimum Gasteiger partial charge on any atom is -0.366 e. The first-order valence-corrected chi connectivity index (χ1v) is 9.80. The molecule has 1 amide bonds. The number of rotatable bonds is 2. The molecule has 0 radical (unpaired) electrons. The Kier molecular flexibility index (Phi) is 5.11. The molecule has 0 atom stereocenters. The van der Waals surface area contributed by atoms with Gasteiger partial charge in [0.05, 0.1) is 17.8 Å². The summed E-state index contributed by atoms with van der Waals surface area (Å²) in [5.41, 5.74) is 1.27. The number of benzene rings is 2. The molecule has 1 fully saturated rings.